The number of ether oxygens (including phenoxy) is 1. The molecule has 2 aromatic carbocycles. The van der Waals surface area contributed by atoms with Crippen LogP contribution >= 0.6 is 0 Å². The van der Waals surface area contributed by atoms with Gasteiger partial charge in [0.05, 0.1) is 12.0 Å². The third-order valence-electron chi connectivity index (χ3n) is 5.48. The van der Waals surface area contributed by atoms with Crippen LogP contribution in [-0.2, 0) is 10.2 Å². The van der Waals surface area contributed by atoms with Crippen LogP contribution in [0.1, 0.15) is 37.7 Å². The second-order valence-corrected chi connectivity index (χ2v) is 7.21. The zero-order valence-electron chi connectivity index (χ0n) is 14.0. The molecule has 2 aromatic rings. The van der Waals surface area contributed by atoms with Crippen LogP contribution in [0.2, 0.25) is 0 Å². The highest BCUT2D eigenvalue weighted by Gasteiger charge is 2.46. The lowest BCUT2D eigenvalue weighted by molar-refractivity contribution is -0.147. The van der Waals surface area contributed by atoms with E-state index in [1.807, 2.05) is 18.2 Å². The summed E-state index contributed by atoms with van der Waals surface area (Å²) in [7, 11) is 0. The highest BCUT2D eigenvalue weighted by atomic mass is 19.1. The molecule has 130 valence electrons. The Bertz CT molecular complexity index is 789. The first-order valence-corrected chi connectivity index (χ1v) is 8.85. The van der Waals surface area contributed by atoms with Crippen LogP contribution in [0.5, 0.6) is 5.75 Å². The standard InChI is InChI=1S/C21H21FO3/c22-17-7-4-15(5-8-17)18-12-16(21(20(23)24)10-1-11-21)6-9-19(18)25-13-14-2-3-14/h4-9,12,14H,1-3,10-11,13H2,(H,23,24). The fourth-order valence-electron chi connectivity index (χ4n) is 3.46. The molecule has 0 heterocycles. The number of rotatable bonds is 6. The minimum Gasteiger partial charge on any atom is -0.493 e. The first-order chi connectivity index (χ1) is 12.1. The van der Waals surface area contributed by atoms with Crippen LogP contribution in [0, 0.1) is 11.7 Å². The van der Waals surface area contributed by atoms with E-state index in [1.54, 1.807) is 12.1 Å². The molecule has 4 heteroatoms. The quantitative estimate of drug-likeness (QED) is 0.822. The normalized spacial score (nSPS) is 18.4. The molecule has 0 radical (unpaired) electrons. The maximum atomic E-state index is 13.3. The Morgan fingerprint density at radius 1 is 1.16 bits per heavy atom. The van der Waals surface area contributed by atoms with Gasteiger partial charge >= 0.3 is 5.97 Å². The Morgan fingerprint density at radius 2 is 1.88 bits per heavy atom. The van der Waals surface area contributed by atoms with Gasteiger partial charge in [0.15, 0.2) is 0 Å². The second kappa shape index (κ2) is 6.17. The van der Waals surface area contributed by atoms with Crippen LogP contribution in [0.3, 0.4) is 0 Å². The Morgan fingerprint density at radius 3 is 2.44 bits per heavy atom. The fourth-order valence-corrected chi connectivity index (χ4v) is 3.46. The molecule has 0 amide bonds. The predicted molar refractivity (Wildman–Crippen MR) is 93.2 cm³/mol. The molecule has 3 nitrogen and oxygen atoms in total. The van der Waals surface area contributed by atoms with Gasteiger partial charge in [-0.3, -0.25) is 4.79 Å². The molecule has 2 saturated carbocycles. The van der Waals surface area contributed by atoms with Gasteiger partial charge in [0, 0.05) is 5.56 Å². The van der Waals surface area contributed by atoms with Gasteiger partial charge in [0.25, 0.3) is 0 Å². The number of carboxylic acid groups (broad SMARTS) is 1. The lowest BCUT2D eigenvalue weighted by Gasteiger charge is -2.38. The van der Waals surface area contributed by atoms with E-state index in [0.717, 1.165) is 28.9 Å². The lowest BCUT2D eigenvalue weighted by atomic mass is 9.64. The smallest absolute Gasteiger partial charge is 0.314 e. The number of carboxylic acids is 1. The number of hydrogen-bond acceptors (Lipinski definition) is 2. The van der Waals surface area contributed by atoms with Gasteiger partial charge in [-0.1, -0.05) is 24.6 Å². The van der Waals surface area contributed by atoms with Crippen LogP contribution < -0.4 is 4.74 Å². The number of halogens is 1. The Balaban J connectivity index is 1.74. The van der Waals surface area contributed by atoms with Crippen LogP contribution in [-0.4, -0.2) is 17.7 Å². The van der Waals surface area contributed by atoms with Crippen molar-refractivity contribution in [1.29, 1.82) is 0 Å². The van der Waals surface area contributed by atoms with Gasteiger partial charge in [-0.25, -0.2) is 4.39 Å². The summed E-state index contributed by atoms with van der Waals surface area (Å²) in [5, 5.41) is 9.71. The molecule has 25 heavy (non-hydrogen) atoms. The number of aliphatic carboxylic acids is 1. The van der Waals surface area contributed by atoms with Gasteiger partial charge in [-0.2, -0.15) is 0 Å². The molecule has 2 aliphatic carbocycles. The minimum absolute atomic E-state index is 0.290. The monoisotopic (exact) mass is 340 g/mol. The summed E-state index contributed by atoms with van der Waals surface area (Å²) < 4.78 is 19.3. The summed E-state index contributed by atoms with van der Waals surface area (Å²) in [4.78, 5) is 11.8. The summed E-state index contributed by atoms with van der Waals surface area (Å²) in [6.45, 7) is 0.678. The SMILES string of the molecule is O=C(O)C1(c2ccc(OCC3CC3)c(-c3ccc(F)cc3)c2)CCC1. The van der Waals surface area contributed by atoms with E-state index in [0.29, 0.717) is 25.4 Å². The van der Waals surface area contributed by atoms with Crippen molar-refractivity contribution < 1.29 is 19.0 Å². The topological polar surface area (TPSA) is 46.5 Å². The third kappa shape index (κ3) is 3.01. The van der Waals surface area contributed by atoms with E-state index < -0.39 is 11.4 Å². The summed E-state index contributed by atoms with van der Waals surface area (Å²) in [5.74, 6) is 0.302. The molecule has 0 aliphatic heterocycles. The molecule has 0 bridgehead atoms. The Kier molecular flexibility index (Phi) is 3.98. The average Bonchev–Trinajstić information content (AvgIpc) is 3.37. The first-order valence-electron chi connectivity index (χ1n) is 8.85. The zero-order chi connectivity index (χ0) is 17.4. The third-order valence-corrected chi connectivity index (χ3v) is 5.48. The number of benzene rings is 2. The van der Waals surface area contributed by atoms with Crippen molar-refractivity contribution in [2.45, 2.75) is 37.5 Å². The highest BCUT2D eigenvalue weighted by molar-refractivity contribution is 5.84. The molecule has 0 aromatic heterocycles. The van der Waals surface area contributed by atoms with E-state index in [-0.39, 0.29) is 5.82 Å². The average molecular weight is 340 g/mol. The largest absolute Gasteiger partial charge is 0.493 e. The molecule has 0 spiro atoms. The molecule has 0 atom stereocenters. The summed E-state index contributed by atoms with van der Waals surface area (Å²) in [6, 6.07) is 11.9. The van der Waals surface area contributed by atoms with Crippen molar-refractivity contribution >= 4 is 5.97 Å². The molecule has 4 rings (SSSR count). The predicted octanol–water partition coefficient (Wildman–Crippen LogP) is 4.79. The zero-order valence-corrected chi connectivity index (χ0v) is 14.0. The van der Waals surface area contributed by atoms with E-state index in [9.17, 15) is 14.3 Å². The first kappa shape index (κ1) is 16.1. The molecule has 2 aliphatic rings. The highest BCUT2D eigenvalue weighted by Crippen LogP contribution is 2.46. The number of carbonyl (C=O) groups is 1. The van der Waals surface area contributed by atoms with Crippen LogP contribution in [0.25, 0.3) is 11.1 Å². The van der Waals surface area contributed by atoms with E-state index in [2.05, 4.69) is 0 Å². The molecule has 0 unspecified atom stereocenters. The molecule has 0 saturated heterocycles. The molecular formula is C21H21FO3. The molecular weight excluding hydrogens is 319 g/mol. The van der Waals surface area contributed by atoms with Gasteiger partial charge in [-0.15, -0.1) is 0 Å². The van der Waals surface area contributed by atoms with Gasteiger partial charge < -0.3 is 9.84 Å². The van der Waals surface area contributed by atoms with Crippen molar-refractivity contribution in [2.24, 2.45) is 5.92 Å². The van der Waals surface area contributed by atoms with Gasteiger partial charge in [-0.05, 0) is 67.0 Å². The van der Waals surface area contributed by atoms with Crippen molar-refractivity contribution in [3.05, 3.63) is 53.8 Å². The van der Waals surface area contributed by atoms with Crippen molar-refractivity contribution in [1.82, 2.24) is 0 Å². The summed E-state index contributed by atoms with van der Waals surface area (Å²) in [5.41, 5.74) is 1.70. The molecule has 1 N–H and O–H groups in total. The maximum absolute atomic E-state index is 13.3. The van der Waals surface area contributed by atoms with Crippen molar-refractivity contribution in [2.75, 3.05) is 6.61 Å². The molecule has 2 fully saturated rings. The summed E-state index contributed by atoms with van der Waals surface area (Å²) in [6.07, 6.45) is 4.65. The second-order valence-electron chi connectivity index (χ2n) is 7.21. The lowest BCUT2D eigenvalue weighted by Crippen LogP contribution is -2.42. The van der Waals surface area contributed by atoms with Crippen molar-refractivity contribution in [3.8, 4) is 16.9 Å². The summed E-state index contributed by atoms with van der Waals surface area (Å²) >= 11 is 0. The van der Waals surface area contributed by atoms with Crippen LogP contribution in [0.15, 0.2) is 42.5 Å². The fraction of sp³-hybridized carbons (Fsp3) is 0.381. The maximum Gasteiger partial charge on any atom is 0.314 e. The van der Waals surface area contributed by atoms with Crippen LogP contribution in [0.4, 0.5) is 4.39 Å². The van der Waals surface area contributed by atoms with Gasteiger partial charge in [0.2, 0.25) is 0 Å². The number of hydrogen-bond donors (Lipinski definition) is 1. The van der Waals surface area contributed by atoms with E-state index >= 15 is 0 Å². The Hall–Kier alpha value is -2.36. The van der Waals surface area contributed by atoms with E-state index in [4.69, 9.17) is 4.74 Å². The minimum atomic E-state index is -0.788. The van der Waals surface area contributed by atoms with E-state index in [1.165, 1.54) is 25.0 Å². The van der Waals surface area contributed by atoms with Gasteiger partial charge in [0.1, 0.15) is 11.6 Å². The Labute approximate surface area is 146 Å². The van der Waals surface area contributed by atoms with Crippen molar-refractivity contribution in [3.63, 3.8) is 0 Å².